The summed E-state index contributed by atoms with van der Waals surface area (Å²) in [7, 11) is 0. The second kappa shape index (κ2) is 5.96. The van der Waals surface area contributed by atoms with E-state index in [0.29, 0.717) is 22.5 Å². The van der Waals surface area contributed by atoms with E-state index < -0.39 is 11.8 Å². The molecule has 0 unspecified atom stereocenters. The zero-order chi connectivity index (χ0) is 18.3. The molecule has 26 heavy (non-hydrogen) atoms. The second-order valence-corrected chi connectivity index (χ2v) is 5.84. The Morgan fingerprint density at radius 1 is 0.885 bits per heavy atom. The van der Waals surface area contributed by atoms with Crippen molar-refractivity contribution in [3.8, 4) is 5.69 Å². The average Bonchev–Trinajstić information content (AvgIpc) is 3.09. The standard InChI is InChI=1S/C19H14N4O3/c1-12-16(19(26)22(21-12)13-7-3-2-4-8-13)11-20-23-17(24)14-9-5-6-10-15(14)18(23)25/h2-11,21H,1H3/b20-11-. The van der Waals surface area contributed by atoms with Gasteiger partial charge >= 0.3 is 0 Å². The normalized spacial score (nSPS) is 13.7. The van der Waals surface area contributed by atoms with Crippen molar-refractivity contribution in [2.75, 3.05) is 0 Å². The van der Waals surface area contributed by atoms with Crippen LogP contribution in [0.1, 0.15) is 32.0 Å². The molecule has 1 aliphatic heterocycles. The second-order valence-electron chi connectivity index (χ2n) is 5.84. The summed E-state index contributed by atoms with van der Waals surface area (Å²) in [5.74, 6) is -1.00. The van der Waals surface area contributed by atoms with Gasteiger partial charge in [0.05, 0.1) is 28.6 Å². The van der Waals surface area contributed by atoms with Crippen molar-refractivity contribution in [1.29, 1.82) is 0 Å². The number of imide groups is 1. The topological polar surface area (TPSA) is 87.5 Å². The first kappa shape index (κ1) is 15.8. The maximum Gasteiger partial charge on any atom is 0.282 e. The number of carbonyl (C=O) groups is 2. The molecule has 0 aliphatic carbocycles. The molecular formula is C19H14N4O3. The van der Waals surface area contributed by atoms with Gasteiger partial charge in [0.25, 0.3) is 17.4 Å². The Hall–Kier alpha value is -3.74. The van der Waals surface area contributed by atoms with Crippen LogP contribution in [0.3, 0.4) is 0 Å². The smallest absolute Gasteiger partial charge is 0.282 e. The fraction of sp³-hybridized carbons (Fsp3) is 0.0526. The number of nitrogens with one attached hydrogen (secondary N) is 1. The average molecular weight is 346 g/mol. The number of benzene rings is 2. The Bertz CT molecular complexity index is 1070. The van der Waals surface area contributed by atoms with E-state index in [1.165, 1.54) is 10.9 Å². The Labute approximate surface area is 148 Å². The van der Waals surface area contributed by atoms with Gasteiger partial charge in [-0.15, -0.1) is 0 Å². The molecule has 2 amide bonds. The highest BCUT2D eigenvalue weighted by atomic mass is 16.2. The lowest BCUT2D eigenvalue weighted by molar-refractivity contribution is 0.0660. The molecule has 3 aromatic rings. The van der Waals surface area contributed by atoms with Gasteiger partial charge in [-0.2, -0.15) is 10.1 Å². The largest absolute Gasteiger partial charge is 0.295 e. The molecule has 0 bridgehead atoms. The first-order valence-electron chi connectivity index (χ1n) is 7.97. The number of rotatable bonds is 3. The number of para-hydroxylation sites is 1. The SMILES string of the molecule is Cc1[nH]n(-c2ccccc2)c(=O)c1/C=N\N1C(=O)c2ccccc2C1=O. The van der Waals surface area contributed by atoms with Crippen molar-refractivity contribution in [2.24, 2.45) is 5.10 Å². The number of hydrazone groups is 1. The molecule has 0 atom stereocenters. The van der Waals surface area contributed by atoms with Crippen molar-refractivity contribution >= 4 is 18.0 Å². The van der Waals surface area contributed by atoms with Crippen LogP contribution in [0, 0.1) is 6.92 Å². The molecule has 0 saturated carbocycles. The number of carbonyl (C=O) groups excluding carboxylic acids is 2. The molecule has 128 valence electrons. The van der Waals surface area contributed by atoms with E-state index in [4.69, 9.17) is 0 Å². The number of aromatic amines is 1. The third-order valence-corrected chi connectivity index (χ3v) is 4.21. The Morgan fingerprint density at radius 3 is 2.08 bits per heavy atom. The highest BCUT2D eigenvalue weighted by Crippen LogP contribution is 2.22. The first-order chi connectivity index (χ1) is 12.6. The van der Waals surface area contributed by atoms with Crippen LogP contribution in [0.25, 0.3) is 5.69 Å². The molecule has 4 rings (SSSR count). The van der Waals surface area contributed by atoms with Crippen LogP contribution in [-0.4, -0.2) is 32.8 Å². The number of nitrogens with zero attached hydrogens (tertiary/aromatic N) is 3. The lowest BCUT2D eigenvalue weighted by Crippen LogP contribution is -2.25. The van der Waals surface area contributed by atoms with E-state index in [0.717, 1.165) is 5.01 Å². The van der Waals surface area contributed by atoms with Crippen LogP contribution in [0.15, 0.2) is 64.5 Å². The summed E-state index contributed by atoms with van der Waals surface area (Å²) in [5, 5.41) is 7.72. The highest BCUT2D eigenvalue weighted by molar-refractivity contribution is 6.21. The molecule has 1 N–H and O–H groups in total. The van der Waals surface area contributed by atoms with Crippen LogP contribution in [0.2, 0.25) is 0 Å². The number of fused-ring (bicyclic) bond motifs is 1. The molecule has 0 spiro atoms. The third kappa shape index (κ3) is 2.37. The Morgan fingerprint density at radius 2 is 1.46 bits per heavy atom. The molecule has 7 nitrogen and oxygen atoms in total. The molecule has 7 heteroatoms. The van der Waals surface area contributed by atoms with E-state index in [1.54, 1.807) is 43.3 Å². The predicted octanol–water partition coefficient (Wildman–Crippen LogP) is 2.10. The van der Waals surface area contributed by atoms with E-state index in [9.17, 15) is 14.4 Å². The number of hydrogen-bond donors (Lipinski definition) is 1. The minimum Gasteiger partial charge on any atom is -0.295 e. The van der Waals surface area contributed by atoms with Gasteiger partial charge in [-0.25, -0.2) is 4.68 Å². The Kier molecular flexibility index (Phi) is 3.62. The van der Waals surface area contributed by atoms with Crippen LogP contribution >= 0.6 is 0 Å². The molecule has 0 fully saturated rings. The number of hydrogen-bond acceptors (Lipinski definition) is 4. The molecule has 0 radical (unpaired) electrons. The molecule has 2 aromatic carbocycles. The summed E-state index contributed by atoms with van der Waals surface area (Å²) in [6, 6.07) is 15.6. The van der Waals surface area contributed by atoms with Gasteiger partial charge in [0, 0.05) is 5.69 Å². The fourth-order valence-corrected chi connectivity index (χ4v) is 2.87. The quantitative estimate of drug-likeness (QED) is 0.582. The lowest BCUT2D eigenvalue weighted by atomic mass is 10.1. The van der Waals surface area contributed by atoms with Gasteiger partial charge in [-0.3, -0.25) is 19.5 Å². The van der Waals surface area contributed by atoms with E-state index in [1.807, 2.05) is 18.2 Å². The van der Waals surface area contributed by atoms with Gasteiger partial charge in [-0.1, -0.05) is 30.3 Å². The van der Waals surface area contributed by atoms with Crippen molar-refractivity contribution in [3.05, 3.63) is 87.3 Å². The summed E-state index contributed by atoms with van der Waals surface area (Å²) in [4.78, 5) is 37.3. The van der Waals surface area contributed by atoms with Crippen LogP contribution in [0.5, 0.6) is 0 Å². The number of H-pyrrole nitrogens is 1. The van der Waals surface area contributed by atoms with E-state index in [-0.39, 0.29) is 11.1 Å². The zero-order valence-corrected chi connectivity index (χ0v) is 13.8. The fourth-order valence-electron chi connectivity index (χ4n) is 2.87. The monoisotopic (exact) mass is 346 g/mol. The molecule has 0 saturated heterocycles. The Balaban J connectivity index is 1.69. The highest BCUT2D eigenvalue weighted by Gasteiger charge is 2.35. The summed E-state index contributed by atoms with van der Waals surface area (Å²) in [6.45, 7) is 1.73. The maximum absolute atomic E-state index is 12.6. The van der Waals surface area contributed by atoms with Crippen molar-refractivity contribution in [3.63, 3.8) is 0 Å². The van der Waals surface area contributed by atoms with E-state index in [2.05, 4.69) is 10.2 Å². The first-order valence-corrected chi connectivity index (χ1v) is 7.97. The summed E-state index contributed by atoms with van der Waals surface area (Å²) in [6.07, 6.45) is 1.25. The van der Waals surface area contributed by atoms with Gasteiger partial charge in [0.1, 0.15) is 0 Å². The van der Waals surface area contributed by atoms with Gasteiger partial charge in [-0.05, 0) is 31.2 Å². The maximum atomic E-state index is 12.6. The summed E-state index contributed by atoms with van der Waals surface area (Å²) in [5.41, 5.74) is 1.85. The zero-order valence-electron chi connectivity index (χ0n) is 13.8. The molecular weight excluding hydrogens is 332 g/mol. The molecule has 2 heterocycles. The van der Waals surface area contributed by atoms with Crippen molar-refractivity contribution < 1.29 is 9.59 Å². The minimum atomic E-state index is -0.501. The van der Waals surface area contributed by atoms with E-state index >= 15 is 0 Å². The van der Waals surface area contributed by atoms with Crippen molar-refractivity contribution in [1.82, 2.24) is 14.8 Å². The predicted molar refractivity (Wildman–Crippen MR) is 95.7 cm³/mol. The van der Waals surface area contributed by atoms with Gasteiger partial charge in [0.15, 0.2) is 0 Å². The number of aromatic nitrogens is 2. The third-order valence-electron chi connectivity index (χ3n) is 4.21. The minimum absolute atomic E-state index is 0.283. The summed E-state index contributed by atoms with van der Waals surface area (Å²) < 4.78 is 1.39. The van der Waals surface area contributed by atoms with Crippen LogP contribution in [-0.2, 0) is 0 Å². The summed E-state index contributed by atoms with van der Waals surface area (Å²) >= 11 is 0. The van der Waals surface area contributed by atoms with Crippen LogP contribution in [0.4, 0.5) is 0 Å². The molecule has 1 aliphatic rings. The number of aryl methyl sites for hydroxylation is 1. The number of amides is 2. The van der Waals surface area contributed by atoms with Gasteiger partial charge < -0.3 is 0 Å². The lowest BCUT2D eigenvalue weighted by Gasteiger charge is -2.04. The van der Waals surface area contributed by atoms with Crippen LogP contribution < -0.4 is 5.56 Å². The van der Waals surface area contributed by atoms with Gasteiger partial charge in [0.2, 0.25) is 0 Å². The molecule has 1 aromatic heterocycles. The van der Waals surface area contributed by atoms with Crippen molar-refractivity contribution in [2.45, 2.75) is 6.92 Å².